The highest BCUT2D eigenvalue weighted by Gasteiger charge is 2.15. The number of benzene rings is 1. The minimum atomic E-state index is -0.312. The first-order valence-corrected chi connectivity index (χ1v) is 6.97. The van der Waals surface area contributed by atoms with E-state index in [1.165, 1.54) is 9.75 Å². The van der Waals surface area contributed by atoms with E-state index in [0.29, 0.717) is 12.0 Å². The number of aryl methyl sites for hydroxylation is 1. The smallest absolute Gasteiger partial charge is 0.145 e. The molecule has 2 aromatic rings. The lowest BCUT2D eigenvalue weighted by molar-refractivity contribution is 0.560. The zero-order valence-corrected chi connectivity index (χ0v) is 11.9. The highest BCUT2D eigenvalue weighted by atomic mass is 35.5. The number of hydrogen-bond donors (Lipinski definition) is 1. The summed E-state index contributed by atoms with van der Waals surface area (Å²) in [6.45, 7) is 2.07. The molecule has 0 saturated carbocycles. The van der Waals surface area contributed by atoms with Crippen molar-refractivity contribution < 1.29 is 4.39 Å². The van der Waals surface area contributed by atoms with Crippen molar-refractivity contribution in [2.24, 2.45) is 0 Å². The van der Waals surface area contributed by atoms with Crippen LogP contribution in [0.1, 0.15) is 21.4 Å². The highest BCUT2D eigenvalue weighted by molar-refractivity contribution is 7.12. The van der Waals surface area contributed by atoms with Gasteiger partial charge in [-0.15, -0.1) is 11.3 Å². The quantitative estimate of drug-likeness (QED) is 0.879. The molecule has 1 aromatic carbocycles. The Morgan fingerprint density at radius 3 is 2.72 bits per heavy atom. The van der Waals surface area contributed by atoms with Crippen LogP contribution in [0, 0.1) is 12.7 Å². The zero-order chi connectivity index (χ0) is 13.1. The van der Waals surface area contributed by atoms with E-state index in [0.717, 1.165) is 0 Å². The fraction of sp³-hybridized carbons (Fsp3) is 0.286. The molecule has 2 rings (SSSR count). The Bertz CT molecular complexity index is 538. The Labute approximate surface area is 116 Å². The number of thiophene rings is 1. The van der Waals surface area contributed by atoms with Crippen LogP contribution in [0.5, 0.6) is 0 Å². The molecule has 0 saturated heterocycles. The van der Waals surface area contributed by atoms with Gasteiger partial charge in [-0.25, -0.2) is 4.39 Å². The predicted molar refractivity (Wildman–Crippen MR) is 76.0 cm³/mol. The maximum Gasteiger partial charge on any atom is 0.145 e. The first-order chi connectivity index (χ1) is 8.61. The highest BCUT2D eigenvalue weighted by Crippen LogP contribution is 2.27. The molecule has 0 aliphatic rings. The first kappa shape index (κ1) is 13.5. The first-order valence-electron chi connectivity index (χ1n) is 5.78. The maximum atomic E-state index is 13.9. The van der Waals surface area contributed by atoms with Crippen LogP contribution in [0.3, 0.4) is 0 Å². The molecule has 1 unspecified atom stereocenters. The van der Waals surface area contributed by atoms with Crippen LogP contribution in [-0.2, 0) is 6.42 Å². The van der Waals surface area contributed by atoms with Crippen LogP contribution in [0.15, 0.2) is 30.3 Å². The Kier molecular flexibility index (Phi) is 4.38. The number of rotatable bonds is 4. The molecule has 1 N–H and O–H groups in total. The van der Waals surface area contributed by atoms with E-state index in [1.807, 2.05) is 7.05 Å². The molecular formula is C14H15ClFNS. The molecule has 0 radical (unpaired) electrons. The number of nitrogens with one attached hydrogen (secondary N) is 1. The summed E-state index contributed by atoms with van der Waals surface area (Å²) >= 11 is 7.53. The van der Waals surface area contributed by atoms with Gasteiger partial charge >= 0.3 is 0 Å². The molecule has 0 spiro atoms. The van der Waals surface area contributed by atoms with Crippen molar-refractivity contribution in [1.29, 1.82) is 0 Å². The summed E-state index contributed by atoms with van der Waals surface area (Å²) in [5.74, 6) is -0.312. The zero-order valence-electron chi connectivity index (χ0n) is 10.3. The minimum Gasteiger partial charge on any atom is -0.312 e. The summed E-state index contributed by atoms with van der Waals surface area (Å²) in [6, 6.07) is 9.43. The summed E-state index contributed by atoms with van der Waals surface area (Å²) in [5.41, 5.74) is 0.646. The second kappa shape index (κ2) is 5.83. The standard InChI is InChI=1S/C14H15ClFNS/c1-9-6-7-13(18-9)12(17-2)8-10-4-3-5-11(15)14(10)16/h3-7,12,17H,8H2,1-2H3. The van der Waals surface area contributed by atoms with Gasteiger partial charge in [-0.1, -0.05) is 23.7 Å². The third-order valence-corrected chi connectivity index (χ3v) is 4.31. The van der Waals surface area contributed by atoms with Gasteiger partial charge in [-0.3, -0.25) is 0 Å². The molecule has 4 heteroatoms. The summed E-state index contributed by atoms with van der Waals surface area (Å²) in [5, 5.41) is 3.41. The fourth-order valence-corrected chi connectivity index (χ4v) is 3.09. The van der Waals surface area contributed by atoms with Gasteiger partial charge in [0.25, 0.3) is 0 Å². The van der Waals surface area contributed by atoms with Crippen molar-refractivity contribution in [3.63, 3.8) is 0 Å². The molecule has 1 aromatic heterocycles. The molecule has 0 aliphatic heterocycles. The minimum absolute atomic E-state index is 0.122. The number of halogens is 2. The molecule has 0 aliphatic carbocycles. The molecule has 0 bridgehead atoms. The molecule has 96 valence electrons. The monoisotopic (exact) mass is 283 g/mol. The summed E-state index contributed by atoms with van der Waals surface area (Å²) < 4.78 is 13.9. The molecule has 0 amide bonds. The van der Waals surface area contributed by atoms with Gasteiger partial charge in [0, 0.05) is 15.8 Å². The van der Waals surface area contributed by atoms with Crippen molar-refractivity contribution in [3.8, 4) is 0 Å². The summed E-state index contributed by atoms with van der Waals surface area (Å²) in [4.78, 5) is 2.48. The Morgan fingerprint density at radius 1 is 1.33 bits per heavy atom. The molecular weight excluding hydrogens is 269 g/mol. The van der Waals surface area contributed by atoms with Gasteiger partial charge in [0.2, 0.25) is 0 Å². The normalized spacial score (nSPS) is 12.7. The van der Waals surface area contributed by atoms with E-state index in [4.69, 9.17) is 11.6 Å². The largest absolute Gasteiger partial charge is 0.312 e. The topological polar surface area (TPSA) is 12.0 Å². The SMILES string of the molecule is CNC(Cc1cccc(Cl)c1F)c1ccc(C)s1. The van der Waals surface area contributed by atoms with Crippen LogP contribution < -0.4 is 5.32 Å². The summed E-state index contributed by atoms with van der Waals surface area (Å²) in [6.07, 6.45) is 0.600. The Balaban J connectivity index is 2.23. The number of likely N-dealkylation sites (N-methyl/N-ethyl adjacent to an activating group) is 1. The predicted octanol–water partition coefficient (Wildman–Crippen LogP) is 4.35. The van der Waals surface area contributed by atoms with E-state index in [9.17, 15) is 4.39 Å². The average molecular weight is 284 g/mol. The van der Waals surface area contributed by atoms with Crippen LogP contribution in [0.25, 0.3) is 0 Å². The Hall–Kier alpha value is -0.900. The van der Waals surface area contributed by atoms with Gasteiger partial charge < -0.3 is 5.32 Å². The lowest BCUT2D eigenvalue weighted by Gasteiger charge is -2.15. The second-order valence-corrected chi connectivity index (χ2v) is 5.93. The van der Waals surface area contributed by atoms with Gasteiger partial charge in [-0.2, -0.15) is 0 Å². The Morgan fingerprint density at radius 2 is 2.11 bits per heavy atom. The lowest BCUT2D eigenvalue weighted by Crippen LogP contribution is -2.18. The summed E-state index contributed by atoms with van der Waals surface area (Å²) in [7, 11) is 1.89. The van der Waals surface area contributed by atoms with Crippen LogP contribution >= 0.6 is 22.9 Å². The molecule has 18 heavy (non-hydrogen) atoms. The molecule has 1 heterocycles. The van der Waals surface area contributed by atoms with Gasteiger partial charge in [0.15, 0.2) is 0 Å². The molecule has 0 fully saturated rings. The average Bonchev–Trinajstić information content (AvgIpc) is 2.78. The van der Waals surface area contributed by atoms with E-state index < -0.39 is 0 Å². The van der Waals surface area contributed by atoms with Crippen LogP contribution in [-0.4, -0.2) is 7.05 Å². The fourth-order valence-electron chi connectivity index (χ4n) is 1.91. The third kappa shape index (κ3) is 2.91. The maximum absolute atomic E-state index is 13.9. The van der Waals surface area contributed by atoms with Gasteiger partial charge in [0.1, 0.15) is 5.82 Å². The van der Waals surface area contributed by atoms with Crippen molar-refractivity contribution in [1.82, 2.24) is 5.32 Å². The van der Waals surface area contributed by atoms with Crippen LogP contribution in [0.2, 0.25) is 5.02 Å². The number of hydrogen-bond acceptors (Lipinski definition) is 2. The lowest BCUT2D eigenvalue weighted by atomic mass is 10.0. The van der Waals surface area contributed by atoms with Crippen molar-refractivity contribution in [2.45, 2.75) is 19.4 Å². The van der Waals surface area contributed by atoms with Crippen molar-refractivity contribution in [3.05, 3.63) is 56.5 Å². The second-order valence-electron chi connectivity index (χ2n) is 4.21. The van der Waals surface area contributed by atoms with E-state index in [2.05, 4.69) is 24.4 Å². The van der Waals surface area contributed by atoms with Gasteiger partial charge in [-0.05, 0) is 44.2 Å². The van der Waals surface area contributed by atoms with E-state index in [-0.39, 0.29) is 16.9 Å². The van der Waals surface area contributed by atoms with E-state index in [1.54, 1.807) is 29.5 Å². The molecule has 1 atom stereocenters. The van der Waals surface area contributed by atoms with Crippen LogP contribution in [0.4, 0.5) is 4.39 Å². The van der Waals surface area contributed by atoms with E-state index >= 15 is 0 Å². The third-order valence-electron chi connectivity index (χ3n) is 2.91. The van der Waals surface area contributed by atoms with Crippen molar-refractivity contribution >= 4 is 22.9 Å². The van der Waals surface area contributed by atoms with Crippen molar-refractivity contribution in [2.75, 3.05) is 7.05 Å². The van der Waals surface area contributed by atoms with Gasteiger partial charge in [0.05, 0.1) is 5.02 Å². The molecule has 1 nitrogen and oxygen atoms in total.